The Bertz CT molecular complexity index is 703. The molecule has 1 heterocycles. The quantitative estimate of drug-likeness (QED) is 0.487. The molecule has 1 aliphatic heterocycles. The van der Waals surface area contributed by atoms with Crippen LogP contribution in [0.2, 0.25) is 0 Å². The number of allylic oxidation sites excluding steroid dienone is 2. The first-order valence-corrected chi connectivity index (χ1v) is 8.44. The number of rotatable bonds is 3. The summed E-state index contributed by atoms with van der Waals surface area (Å²) in [5, 5.41) is 5.32. The Balaban J connectivity index is 1.55. The summed E-state index contributed by atoms with van der Waals surface area (Å²) in [6, 6.07) is 7.84. The number of nitrogens with zero attached hydrogens (tertiary/aromatic N) is 3. The maximum Gasteiger partial charge on any atom is 0.254 e. The van der Waals surface area contributed by atoms with Gasteiger partial charge < -0.3 is 4.90 Å². The van der Waals surface area contributed by atoms with E-state index in [1.165, 1.54) is 0 Å². The van der Waals surface area contributed by atoms with Crippen molar-refractivity contribution < 1.29 is 9.59 Å². The molecule has 2 bridgehead atoms. The van der Waals surface area contributed by atoms with Gasteiger partial charge >= 0.3 is 0 Å². The molecule has 1 aromatic carbocycles. The van der Waals surface area contributed by atoms with Gasteiger partial charge in [-0.2, -0.15) is 10.1 Å². The molecule has 0 aromatic heterocycles. The molecule has 124 valence electrons. The van der Waals surface area contributed by atoms with E-state index in [0.717, 1.165) is 29.1 Å². The maximum absolute atomic E-state index is 12.7. The highest BCUT2D eigenvalue weighted by Crippen LogP contribution is 2.49. The lowest BCUT2D eigenvalue weighted by molar-refractivity contribution is -0.140. The summed E-state index contributed by atoms with van der Waals surface area (Å²) in [5.41, 5.74) is 1.96. The number of carbonyl (C=O) groups excluding carboxylic acids is 2. The van der Waals surface area contributed by atoms with E-state index in [1.54, 1.807) is 6.21 Å². The summed E-state index contributed by atoms with van der Waals surface area (Å²) in [5.74, 6) is -0.258. The maximum atomic E-state index is 12.7. The normalized spacial score (nSPS) is 31.2. The zero-order chi connectivity index (χ0) is 16.8. The van der Waals surface area contributed by atoms with E-state index in [0.29, 0.717) is 0 Å². The Hall–Kier alpha value is -2.43. The summed E-state index contributed by atoms with van der Waals surface area (Å²) in [6.45, 7) is 0. The zero-order valence-corrected chi connectivity index (χ0v) is 13.9. The van der Waals surface area contributed by atoms with Crippen molar-refractivity contribution in [3.05, 3.63) is 42.0 Å². The van der Waals surface area contributed by atoms with E-state index < -0.39 is 0 Å². The summed E-state index contributed by atoms with van der Waals surface area (Å²) < 4.78 is 0. The first kappa shape index (κ1) is 15.1. The minimum atomic E-state index is -0.200. The predicted octanol–water partition coefficient (Wildman–Crippen LogP) is 2.28. The minimum absolute atomic E-state index is 0.134. The van der Waals surface area contributed by atoms with Gasteiger partial charge in [-0.3, -0.25) is 9.59 Å². The number of hydrazone groups is 1. The molecule has 0 N–H and O–H groups in total. The van der Waals surface area contributed by atoms with Crippen LogP contribution in [0.15, 0.2) is 41.5 Å². The standard InChI is InChI=1S/C19H21N3O2/c1-21(2)15-9-3-12(4-10-15)11-20-22-18(23)16-13-5-6-14(8-7-13)17(16)19(22)24/h3-6,9-11,13-14,16-17H,7-8H2,1-2H3/b20-11-/t13-,14-,16+,17+/m1/s1. The average Bonchev–Trinajstić information content (AvgIpc) is 2.87. The second-order valence-electron chi connectivity index (χ2n) is 7.06. The lowest BCUT2D eigenvalue weighted by Crippen LogP contribution is -2.38. The molecule has 0 spiro atoms. The lowest BCUT2D eigenvalue weighted by atomic mass is 9.63. The average molecular weight is 323 g/mol. The van der Waals surface area contributed by atoms with Crippen LogP contribution in [0, 0.1) is 23.7 Å². The Kier molecular flexibility index (Phi) is 3.52. The van der Waals surface area contributed by atoms with Crippen LogP contribution < -0.4 is 4.90 Å². The van der Waals surface area contributed by atoms with Crippen LogP contribution in [0.3, 0.4) is 0 Å². The molecular weight excluding hydrogens is 302 g/mol. The Labute approximate surface area is 141 Å². The number of hydrogen-bond acceptors (Lipinski definition) is 4. The van der Waals surface area contributed by atoms with Crippen molar-refractivity contribution in [1.82, 2.24) is 5.01 Å². The minimum Gasteiger partial charge on any atom is -0.378 e. The Morgan fingerprint density at radius 2 is 1.54 bits per heavy atom. The highest BCUT2D eigenvalue weighted by atomic mass is 16.2. The fourth-order valence-corrected chi connectivity index (χ4v) is 4.16. The van der Waals surface area contributed by atoms with Gasteiger partial charge in [0.1, 0.15) is 0 Å². The van der Waals surface area contributed by atoms with Crippen LogP contribution in [0.5, 0.6) is 0 Å². The first-order chi connectivity index (χ1) is 11.6. The largest absolute Gasteiger partial charge is 0.378 e. The fraction of sp³-hybridized carbons (Fsp3) is 0.421. The molecule has 0 radical (unpaired) electrons. The zero-order valence-electron chi connectivity index (χ0n) is 13.9. The van der Waals surface area contributed by atoms with Gasteiger partial charge in [0.25, 0.3) is 11.8 Å². The molecule has 2 amide bonds. The predicted molar refractivity (Wildman–Crippen MR) is 92.6 cm³/mol. The number of carbonyl (C=O) groups is 2. The summed E-state index contributed by atoms with van der Waals surface area (Å²) in [6.07, 6.45) is 7.85. The first-order valence-electron chi connectivity index (χ1n) is 8.44. The number of fused-ring (bicyclic) bond motifs is 1. The molecule has 1 aromatic rings. The van der Waals surface area contributed by atoms with Gasteiger partial charge in [-0.1, -0.05) is 24.3 Å². The Morgan fingerprint density at radius 1 is 1.00 bits per heavy atom. The molecule has 5 nitrogen and oxygen atoms in total. The number of benzene rings is 1. The second kappa shape index (κ2) is 5.58. The molecule has 4 aliphatic rings. The van der Waals surface area contributed by atoms with Crippen LogP contribution in [-0.2, 0) is 9.59 Å². The van der Waals surface area contributed by atoms with Crippen LogP contribution >= 0.6 is 0 Å². The SMILES string of the molecule is CN(C)c1ccc(/C=N\N2C(=O)[C@@H]3[C@@H](C2=O)[C@@H]2C=C[C@@H]3CC2)cc1. The van der Waals surface area contributed by atoms with E-state index in [1.807, 2.05) is 43.3 Å². The van der Waals surface area contributed by atoms with Crippen molar-refractivity contribution in [3.8, 4) is 0 Å². The molecule has 0 unspecified atom stereocenters. The van der Waals surface area contributed by atoms with Crippen molar-refractivity contribution in [3.63, 3.8) is 0 Å². The summed E-state index contributed by atoms with van der Waals surface area (Å²) in [4.78, 5) is 27.3. The van der Waals surface area contributed by atoms with E-state index >= 15 is 0 Å². The van der Waals surface area contributed by atoms with Gasteiger partial charge in [-0.15, -0.1) is 0 Å². The third kappa shape index (κ3) is 2.27. The van der Waals surface area contributed by atoms with E-state index in [9.17, 15) is 9.59 Å². The molecule has 2 fully saturated rings. The van der Waals surface area contributed by atoms with Crippen molar-refractivity contribution in [1.29, 1.82) is 0 Å². The highest BCUT2D eigenvalue weighted by molar-refractivity contribution is 6.06. The number of amides is 2. The third-order valence-electron chi connectivity index (χ3n) is 5.47. The van der Waals surface area contributed by atoms with Gasteiger partial charge in [-0.25, -0.2) is 0 Å². The highest BCUT2D eigenvalue weighted by Gasteiger charge is 2.56. The monoisotopic (exact) mass is 323 g/mol. The van der Waals surface area contributed by atoms with Gasteiger partial charge in [0.15, 0.2) is 0 Å². The number of hydrogen-bond donors (Lipinski definition) is 0. The molecular formula is C19H21N3O2. The molecule has 4 atom stereocenters. The van der Waals surface area contributed by atoms with E-state index in [2.05, 4.69) is 17.3 Å². The molecule has 24 heavy (non-hydrogen) atoms. The molecule has 1 saturated heterocycles. The second-order valence-corrected chi connectivity index (χ2v) is 7.06. The lowest BCUT2D eigenvalue weighted by Gasteiger charge is -2.37. The molecule has 1 saturated carbocycles. The molecule has 3 aliphatic carbocycles. The van der Waals surface area contributed by atoms with Crippen molar-refractivity contribution in [2.24, 2.45) is 28.8 Å². The topological polar surface area (TPSA) is 53.0 Å². The van der Waals surface area contributed by atoms with Crippen LogP contribution in [-0.4, -0.2) is 37.1 Å². The Morgan fingerprint density at radius 3 is 2.00 bits per heavy atom. The number of imide groups is 1. The fourth-order valence-electron chi connectivity index (χ4n) is 4.16. The summed E-state index contributed by atoms with van der Waals surface area (Å²) >= 11 is 0. The van der Waals surface area contributed by atoms with Crippen LogP contribution in [0.4, 0.5) is 5.69 Å². The van der Waals surface area contributed by atoms with E-state index in [4.69, 9.17) is 0 Å². The van der Waals surface area contributed by atoms with Gasteiger partial charge in [-0.05, 0) is 42.4 Å². The van der Waals surface area contributed by atoms with Crippen molar-refractivity contribution in [2.75, 3.05) is 19.0 Å². The number of anilines is 1. The van der Waals surface area contributed by atoms with Gasteiger partial charge in [0.2, 0.25) is 0 Å². The van der Waals surface area contributed by atoms with E-state index in [-0.39, 0.29) is 35.5 Å². The van der Waals surface area contributed by atoms with Gasteiger partial charge in [0, 0.05) is 19.8 Å². The third-order valence-corrected chi connectivity index (χ3v) is 5.47. The van der Waals surface area contributed by atoms with Crippen molar-refractivity contribution in [2.45, 2.75) is 12.8 Å². The van der Waals surface area contributed by atoms with Gasteiger partial charge in [0.05, 0.1) is 18.1 Å². The van der Waals surface area contributed by atoms with Crippen LogP contribution in [0.1, 0.15) is 18.4 Å². The smallest absolute Gasteiger partial charge is 0.254 e. The van der Waals surface area contributed by atoms with Crippen molar-refractivity contribution >= 4 is 23.7 Å². The summed E-state index contributed by atoms with van der Waals surface area (Å²) in [7, 11) is 3.96. The van der Waals surface area contributed by atoms with Crippen LogP contribution in [0.25, 0.3) is 0 Å². The molecule has 5 heteroatoms. The molecule has 5 rings (SSSR count).